The summed E-state index contributed by atoms with van der Waals surface area (Å²) in [6.45, 7) is 9.24. The van der Waals surface area contributed by atoms with Crippen LogP contribution < -0.4 is 9.47 Å². The van der Waals surface area contributed by atoms with Gasteiger partial charge in [0.05, 0.1) is 58.6 Å². The Morgan fingerprint density at radius 1 is 1.10 bits per heavy atom. The topological polar surface area (TPSA) is 123 Å². The molecule has 258 valence electrons. The number of nitrogens with zero attached hydrogens (tertiary/aromatic N) is 4. The number of H-pyrrole nitrogens is 1. The number of methoxy groups -OCH3 is 2. The summed E-state index contributed by atoms with van der Waals surface area (Å²) < 4.78 is 28.8. The number of fused-ring (bicyclic) bond motifs is 5. The Balaban J connectivity index is 0.000000170. The molecule has 0 saturated carbocycles. The van der Waals surface area contributed by atoms with Crippen LogP contribution in [-0.4, -0.2) is 80.7 Å². The molecular formula is C38H45N5O5S. The second-order valence-corrected chi connectivity index (χ2v) is 14.0. The number of aliphatic hydroxyl groups is 1. The Hall–Kier alpha value is -4.16. The minimum absolute atomic E-state index is 0.178. The van der Waals surface area contributed by atoms with Crippen LogP contribution in [0.5, 0.6) is 11.5 Å². The summed E-state index contributed by atoms with van der Waals surface area (Å²) in [7, 11) is 2.03. The zero-order valence-corrected chi connectivity index (χ0v) is 29.2. The minimum Gasteiger partial charge on any atom is -0.497 e. The number of pyridine rings is 2. The van der Waals surface area contributed by atoms with E-state index in [2.05, 4.69) is 37.5 Å². The van der Waals surface area contributed by atoms with Crippen molar-refractivity contribution in [2.24, 2.45) is 11.8 Å². The van der Waals surface area contributed by atoms with E-state index in [0.29, 0.717) is 36.0 Å². The number of nitrogens with one attached hydrogen (secondary N) is 1. The number of hydrogen-bond donors (Lipinski definition) is 2. The molecule has 6 unspecified atom stereocenters. The van der Waals surface area contributed by atoms with Gasteiger partial charge in [0, 0.05) is 56.1 Å². The van der Waals surface area contributed by atoms with Crippen LogP contribution in [0.15, 0.2) is 84.8 Å². The van der Waals surface area contributed by atoms with Crippen LogP contribution in [0.1, 0.15) is 42.2 Å². The Bertz CT molecular complexity index is 1880. The van der Waals surface area contributed by atoms with Crippen LogP contribution >= 0.6 is 0 Å². The van der Waals surface area contributed by atoms with Crippen LogP contribution in [0.3, 0.4) is 0 Å². The number of ether oxygens (including phenoxy) is 3. The maximum absolute atomic E-state index is 12.7. The van der Waals surface area contributed by atoms with Crippen molar-refractivity contribution in [2.75, 3.05) is 40.5 Å². The average molecular weight is 684 g/mol. The summed E-state index contributed by atoms with van der Waals surface area (Å²) in [5, 5.41) is 12.6. The van der Waals surface area contributed by atoms with Gasteiger partial charge in [-0.2, -0.15) is 0 Å². The molecule has 11 heteroatoms. The molecule has 0 radical (unpaired) electrons. The molecule has 3 saturated heterocycles. The first-order valence-electron chi connectivity index (χ1n) is 16.8. The van der Waals surface area contributed by atoms with Crippen molar-refractivity contribution >= 4 is 32.7 Å². The van der Waals surface area contributed by atoms with E-state index in [-0.39, 0.29) is 6.04 Å². The normalized spacial score (nSPS) is 21.1. The van der Waals surface area contributed by atoms with Crippen molar-refractivity contribution in [3.63, 3.8) is 0 Å². The van der Waals surface area contributed by atoms with Gasteiger partial charge in [0.25, 0.3) is 0 Å². The lowest BCUT2D eigenvalue weighted by Crippen LogP contribution is -2.54. The lowest BCUT2D eigenvalue weighted by molar-refractivity contribution is -0.0444. The molecule has 49 heavy (non-hydrogen) atoms. The maximum atomic E-state index is 12.7. The van der Waals surface area contributed by atoms with Crippen LogP contribution in [0.2, 0.25) is 0 Å². The molecule has 0 amide bonds. The smallest absolute Gasteiger partial charge is 0.197 e. The first-order valence-corrected chi connectivity index (χ1v) is 18.1. The van der Waals surface area contributed by atoms with E-state index in [4.69, 9.17) is 14.2 Å². The molecule has 10 nitrogen and oxygen atoms in total. The second kappa shape index (κ2) is 16.0. The van der Waals surface area contributed by atoms with Crippen LogP contribution in [0.4, 0.5) is 0 Å². The SMILES string of the molecule is C=CC1CN2CCC1CC2C(O)c1ccnc2ccc(OC)cc12.COCCCOc1ccnc(CS(=O)c2nc3ccccc3[nH]2)c1C. The van der Waals surface area contributed by atoms with Crippen LogP contribution in [0.25, 0.3) is 21.9 Å². The predicted octanol–water partition coefficient (Wildman–Crippen LogP) is 6.16. The van der Waals surface area contributed by atoms with Crippen molar-refractivity contribution < 1.29 is 23.5 Å². The van der Waals surface area contributed by atoms with E-state index in [0.717, 1.165) is 76.2 Å². The molecule has 6 heterocycles. The number of aromatic amines is 1. The summed E-state index contributed by atoms with van der Waals surface area (Å²) in [6.07, 6.45) is 8.12. The van der Waals surface area contributed by atoms with E-state index in [1.807, 2.05) is 61.5 Å². The first-order chi connectivity index (χ1) is 23.9. The Labute approximate surface area is 290 Å². The number of aromatic nitrogens is 4. The number of benzene rings is 2. The van der Waals surface area contributed by atoms with Crippen molar-refractivity contribution in [2.45, 2.75) is 49.2 Å². The van der Waals surface area contributed by atoms with Gasteiger partial charge in [-0.15, -0.1) is 6.58 Å². The summed E-state index contributed by atoms with van der Waals surface area (Å²) in [5.74, 6) is 3.07. The molecule has 5 aromatic rings. The average Bonchev–Trinajstić information content (AvgIpc) is 3.59. The Morgan fingerprint density at radius 3 is 2.69 bits per heavy atom. The molecule has 8 rings (SSSR count). The van der Waals surface area contributed by atoms with E-state index >= 15 is 0 Å². The Kier molecular flexibility index (Phi) is 11.4. The fourth-order valence-electron chi connectivity index (χ4n) is 6.92. The monoisotopic (exact) mass is 683 g/mol. The van der Waals surface area contributed by atoms with Gasteiger partial charge in [-0.3, -0.25) is 19.1 Å². The van der Waals surface area contributed by atoms with Gasteiger partial charge in [0.1, 0.15) is 11.5 Å². The third kappa shape index (κ3) is 7.86. The molecule has 0 aliphatic carbocycles. The van der Waals surface area contributed by atoms with Crippen LogP contribution in [0, 0.1) is 18.8 Å². The number of para-hydroxylation sites is 2. The van der Waals surface area contributed by atoms with Crippen molar-refractivity contribution in [1.82, 2.24) is 24.8 Å². The highest BCUT2D eigenvalue weighted by Crippen LogP contribution is 2.42. The number of hydrogen-bond acceptors (Lipinski definition) is 9. The van der Waals surface area contributed by atoms with Crippen molar-refractivity contribution in [3.05, 3.63) is 96.5 Å². The Morgan fingerprint density at radius 2 is 1.94 bits per heavy atom. The molecule has 3 aliphatic heterocycles. The fraction of sp³-hybridized carbons (Fsp3) is 0.395. The van der Waals surface area contributed by atoms with Gasteiger partial charge >= 0.3 is 0 Å². The standard InChI is InChI=1S/C20H24N2O2.C18H21N3O3S/c1-3-13-12-22-9-7-14(13)10-19(22)20(23)16-6-8-21-18-5-4-15(24-2)11-17(16)18;1-13-16(19-9-8-17(13)24-11-5-10-23-2)12-25(22)18-20-14-6-3-4-7-15(14)21-18/h3-6,8,11,13-14,19-20,23H,1,7,9-10,12H2,2H3;3-4,6-9H,5,10-12H2,1-2H3,(H,20,21). The summed E-state index contributed by atoms with van der Waals surface area (Å²) in [4.78, 5) is 18.7. The highest BCUT2D eigenvalue weighted by atomic mass is 32.2. The molecular weight excluding hydrogens is 639 g/mol. The molecule has 2 N–H and O–H groups in total. The van der Waals surface area contributed by atoms with E-state index in [1.54, 1.807) is 26.6 Å². The molecule has 6 atom stereocenters. The predicted molar refractivity (Wildman–Crippen MR) is 192 cm³/mol. The summed E-state index contributed by atoms with van der Waals surface area (Å²) >= 11 is 0. The molecule has 0 spiro atoms. The van der Waals surface area contributed by atoms with Gasteiger partial charge < -0.3 is 24.3 Å². The zero-order valence-electron chi connectivity index (χ0n) is 28.4. The summed E-state index contributed by atoms with van der Waals surface area (Å²) in [5.41, 5.74) is 5.20. The zero-order chi connectivity index (χ0) is 34.3. The highest BCUT2D eigenvalue weighted by molar-refractivity contribution is 7.84. The summed E-state index contributed by atoms with van der Waals surface area (Å²) in [6, 6.07) is 17.4. The molecule has 2 bridgehead atoms. The second-order valence-electron chi connectivity index (χ2n) is 12.6. The number of aliphatic hydroxyl groups excluding tert-OH is 1. The number of imidazole rings is 1. The maximum Gasteiger partial charge on any atom is 0.197 e. The van der Waals surface area contributed by atoms with Gasteiger partial charge in [0.2, 0.25) is 0 Å². The quantitative estimate of drug-likeness (QED) is 0.118. The lowest BCUT2D eigenvalue weighted by Gasteiger charge is -2.50. The van der Waals surface area contributed by atoms with Gasteiger partial charge in [0.15, 0.2) is 5.16 Å². The highest BCUT2D eigenvalue weighted by Gasteiger charge is 2.42. The largest absolute Gasteiger partial charge is 0.497 e. The first kappa shape index (κ1) is 34.7. The molecule has 3 aliphatic rings. The van der Waals surface area contributed by atoms with Crippen molar-refractivity contribution in [3.8, 4) is 11.5 Å². The fourth-order valence-corrected chi connectivity index (χ4v) is 8.02. The van der Waals surface area contributed by atoms with E-state index in [9.17, 15) is 9.32 Å². The molecule has 2 aromatic carbocycles. The lowest BCUT2D eigenvalue weighted by atomic mass is 9.73. The van der Waals surface area contributed by atoms with E-state index < -0.39 is 16.9 Å². The van der Waals surface area contributed by atoms with Crippen LogP contribution in [-0.2, 0) is 21.3 Å². The van der Waals surface area contributed by atoms with Gasteiger partial charge in [-0.1, -0.05) is 18.2 Å². The molecule has 3 aromatic heterocycles. The van der Waals surface area contributed by atoms with Gasteiger partial charge in [-0.05, 0) is 86.2 Å². The van der Waals surface area contributed by atoms with Gasteiger partial charge in [-0.25, -0.2) is 4.98 Å². The van der Waals surface area contributed by atoms with E-state index in [1.165, 1.54) is 6.42 Å². The third-order valence-corrected chi connectivity index (χ3v) is 10.8. The number of piperidine rings is 3. The van der Waals surface area contributed by atoms with Crippen molar-refractivity contribution in [1.29, 1.82) is 0 Å². The minimum atomic E-state index is -1.30. The molecule has 3 fully saturated rings. The number of rotatable bonds is 12. The third-order valence-electron chi connectivity index (χ3n) is 9.68.